The molecule has 4 aromatic rings. The average Bonchev–Trinajstić information content (AvgIpc) is 3.30. The van der Waals surface area contributed by atoms with Gasteiger partial charge in [-0.05, 0) is 37.0 Å². The molecule has 0 aliphatic heterocycles. The molecule has 0 spiro atoms. The Kier molecular flexibility index (Phi) is 6.12. The Morgan fingerprint density at radius 1 is 1.13 bits per heavy atom. The molecule has 1 amide bonds. The monoisotopic (exact) mass is 438 g/mol. The summed E-state index contributed by atoms with van der Waals surface area (Å²) in [6.45, 7) is 3.97. The van der Waals surface area contributed by atoms with Gasteiger partial charge in [-0.1, -0.05) is 71.6 Å². The third-order valence-corrected chi connectivity index (χ3v) is 6.73. The number of hydrogen-bond donors (Lipinski definition) is 2. The number of aromatic nitrogens is 4. The summed E-state index contributed by atoms with van der Waals surface area (Å²) < 4.78 is 2.44. The van der Waals surface area contributed by atoms with Gasteiger partial charge in [-0.25, -0.2) is 0 Å². The molecule has 0 aliphatic carbocycles. The zero-order chi connectivity index (χ0) is 21.1. The maximum absolute atomic E-state index is 12.4. The molecule has 0 fully saturated rings. The Hall–Kier alpha value is -2.75. The number of aryl methyl sites for hydroxylation is 2. The quantitative estimate of drug-likeness (QED) is 0.426. The second-order valence-corrected chi connectivity index (χ2v) is 9.20. The highest BCUT2D eigenvalue weighted by atomic mass is 32.2. The average molecular weight is 439 g/mol. The summed E-state index contributed by atoms with van der Waals surface area (Å²) in [7, 11) is 0. The summed E-state index contributed by atoms with van der Waals surface area (Å²) in [6.07, 6.45) is 0.653. The first-order valence-electron chi connectivity index (χ1n) is 9.52. The minimum absolute atomic E-state index is 0.0654. The zero-order valence-corrected chi connectivity index (χ0v) is 18.3. The zero-order valence-electron chi connectivity index (χ0n) is 16.7. The third-order valence-electron chi connectivity index (χ3n) is 4.70. The molecular formula is C21H22N6OS2. The van der Waals surface area contributed by atoms with Crippen LogP contribution in [0.25, 0.3) is 4.96 Å². The molecule has 4 rings (SSSR count). The summed E-state index contributed by atoms with van der Waals surface area (Å²) in [4.78, 5) is 13.1. The molecule has 0 saturated carbocycles. The number of carbonyl (C=O) groups is 1. The number of rotatable bonds is 7. The van der Waals surface area contributed by atoms with Gasteiger partial charge in [-0.3, -0.25) is 4.79 Å². The van der Waals surface area contributed by atoms with Gasteiger partial charge < -0.3 is 11.1 Å². The van der Waals surface area contributed by atoms with Crippen LogP contribution in [0.4, 0.5) is 5.69 Å². The van der Waals surface area contributed by atoms with E-state index in [1.165, 1.54) is 23.1 Å². The normalized spacial score (nSPS) is 12.2. The smallest absolute Gasteiger partial charge is 0.235 e. The summed E-state index contributed by atoms with van der Waals surface area (Å²) >= 11 is 2.78. The van der Waals surface area contributed by atoms with Crippen molar-refractivity contribution in [2.45, 2.75) is 30.6 Å². The minimum atomic E-state index is -0.310. The third kappa shape index (κ3) is 4.53. The maximum atomic E-state index is 12.4. The summed E-state index contributed by atoms with van der Waals surface area (Å²) in [5.41, 5.74) is 10.4. The number of anilines is 1. The van der Waals surface area contributed by atoms with Gasteiger partial charge in [0, 0.05) is 5.69 Å². The van der Waals surface area contributed by atoms with Gasteiger partial charge in [0.15, 0.2) is 10.2 Å². The van der Waals surface area contributed by atoms with E-state index in [0.717, 1.165) is 26.7 Å². The molecule has 9 heteroatoms. The van der Waals surface area contributed by atoms with Crippen LogP contribution in [-0.4, -0.2) is 31.5 Å². The molecule has 2 aromatic heterocycles. The van der Waals surface area contributed by atoms with E-state index in [1.807, 2.05) is 62.4 Å². The predicted octanol–water partition coefficient (Wildman–Crippen LogP) is 3.78. The van der Waals surface area contributed by atoms with Crippen LogP contribution in [0, 0.1) is 13.8 Å². The topological polar surface area (TPSA) is 98.2 Å². The number of amides is 1. The lowest BCUT2D eigenvalue weighted by Gasteiger charge is -2.10. The minimum Gasteiger partial charge on any atom is -0.325 e. The molecule has 0 radical (unpaired) electrons. The first-order valence-corrected chi connectivity index (χ1v) is 11.3. The Labute approximate surface area is 182 Å². The van der Waals surface area contributed by atoms with Crippen molar-refractivity contribution >= 4 is 39.7 Å². The van der Waals surface area contributed by atoms with Crippen molar-refractivity contribution in [3.8, 4) is 0 Å². The molecule has 0 aliphatic rings. The number of benzene rings is 2. The number of hydrogen-bond acceptors (Lipinski definition) is 7. The Balaban J connectivity index is 1.41. The van der Waals surface area contributed by atoms with Crippen LogP contribution < -0.4 is 11.1 Å². The first kappa shape index (κ1) is 20.5. The molecule has 0 bridgehead atoms. The highest BCUT2D eigenvalue weighted by molar-refractivity contribution is 8.01. The van der Waals surface area contributed by atoms with E-state index in [-0.39, 0.29) is 17.7 Å². The van der Waals surface area contributed by atoms with Gasteiger partial charge >= 0.3 is 0 Å². The Morgan fingerprint density at radius 2 is 1.87 bits per heavy atom. The van der Waals surface area contributed by atoms with Crippen molar-refractivity contribution < 1.29 is 4.79 Å². The lowest BCUT2D eigenvalue weighted by atomic mass is 10.1. The molecule has 154 valence electrons. The van der Waals surface area contributed by atoms with Crippen molar-refractivity contribution in [3.05, 3.63) is 71.0 Å². The van der Waals surface area contributed by atoms with Crippen molar-refractivity contribution in [2.75, 3.05) is 11.1 Å². The molecule has 0 unspecified atom stereocenters. The predicted molar refractivity (Wildman–Crippen MR) is 121 cm³/mol. The van der Waals surface area contributed by atoms with E-state index in [9.17, 15) is 4.79 Å². The molecule has 30 heavy (non-hydrogen) atoms. The first-order chi connectivity index (χ1) is 14.5. The van der Waals surface area contributed by atoms with E-state index in [1.54, 1.807) is 4.52 Å². The van der Waals surface area contributed by atoms with Crippen LogP contribution in [0.15, 0.2) is 52.9 Å². The van der Waals surface area contributed by atoms with Crippen LogP contribution in [0.5, 0.6) is 0 Å². The standard InChI is InChI=1S/C21H22N6OS2/c1-13-7-6-8-14(2)18(13)23-17(28)12-29-21-26-27-19(24-25-20(27)30-21)16(22)11-15-9-4-3-5-10-15/h3-10,16H,11-12,22H2,1-2H3,(H,23,28)/t16-/m0/s1. The second kappa shape index (κ2) is 8.95. The molecule has 7 nitrogen and oxygen atoms in total. The molecule has 0 saturated heterocycles. The van der Waals surface area contributed by atoms with E-state index in [2.05, 4.69) is 20.6 Å². The fourth-order valence-electron chi connectivity index (χ4n) is 3.18. The number of carbonyl (C=O) groups excluding carboxylic acids is 1. The van der Waals surface area contributed by atoms with Gasteiger partial charge in [0.2, 0.25) is 10.9 Å². The van der Waals surface area contributed by atoms with E-state index >= 15 is 0 Å². The van der Waals surface area contributed by atoms with Crippen LogP contribution in [0.2, 0.25) is 0 Å². The Morgan fingerprint density at radius 3 is 2.60 bits per heavy atom. The number of para-hydroxylation sites is 1. The van der Waals surface area contributed by atoms with E-state index in [0.29, 0.717) is 17.2 Å². The number of thioether (sulfide) groups is 1. The van der Waals surface area contributed by atoms with Crippen LogP contribution in [0.3, 0.4) is 0 Å². The van der Waals surface area contributed by atoms with Crippen LogP contribution >= 0.6 is 23.1 Å². The van der Waals surface area contributed by atoms with Crippen molar-refractivity contribution in [3.63, 3.8) is 0 Å². The molecule has 3 N–H and O–H groups in total. The number of nitrogens with two attached hydrogens (primary N) is 1. The highest BCUT2D eigenvalue weighted by Gasteiger charge is 2.19. The van der Waals surface area contributed by atoms with Gasteiger partial charge in [0.25, 0.3) is 0 Å². The van der Waals surface area contributed by atoms with Gasteiger partial charge in [0.1, 0.15) is 0 Å². The summed E-state index contributed by atoms with van der Waals surface area (Å²) in [6, 6.07) is 15.7. The number of nitrogens with one attached hydrogen (secondary N) is 1. The second-order valence-electron chi connectivity index (χ2n) is 7.02. The van der Waals surface area contributed by atoms with Gasteiger partial charge in [-0.2, -0.15) is 4.52 Å². The lowest BCUT2D eigenvalue weighted by Crippen LogP contribution is -2.17. The van der Waals surface area contributed by atoms with Crippen molar-refractivity contribution in [2.24, 2.45) is 5.73 Å². The van der Waals surface area contributed by atoms with Crippen LogP contribution in [0.1, 0.15) is 28.6 Å². The van der Waals surface area contributed by atoms with Crippen molar-refractivity contribution in [1.29, 1.82) is 0 Å². The van der Waals surface area contributed by atoms with Crippen LogP contribution in [-0.2, 0) is 11.2 Å². The maximum Gasteiger partial charge on any atom is 0.235 e. The summed E-state index contributed by atoms with van der Waals surface area (Å²) in [5, 5.41) is 16.0. The number of fused-ring (bicyclic) bond motifs is 1. The number of nitrogens with zero attached hydrogens (tertiary/aromatic N) is 4. The molecule has 2 heterocycles. The lowest BCUT2D eigenvalue weighted by molar-refractivity contribution is -0.113. The molecule has 1 atom stereocenters. The molecular weight excluding hydrogens is 416 g/mol. The molecule has 2 aromatic carbocycles. The summed E-state index contributed by atoms with van der Waals surface area (Å²) in [5.74, 6) is 0.824. The van der Waals surface area contributed by atoms with E-state index in [4.69, 9.17) is 5.73 Å². The fourth-order valence-corrected chi connectivity index (χ4v) is 4.86. The fraction of sp³-hybridized carbons (Fsp3) is 0.238. The van der Waals surface area contributed by atoms with Gasteiger partial charge in [0.05, 0.1) is 11.8 Å². The largest absolute Gasteiger partial charge is 0.325 e. The highest BCUT2D eigenvalue weighted by Crippen LogP contribution is 2.27. The Bertz CT molecular complexity index is 1150. The van der Waals surface area contributed by atoms with E-state index < -0.39 is 0 Å². The van der Waals surface area contributed by atoms with Gasteiger partial charge in [-0.15, -0.1) is 15.3 Å². The van der Waals surface area contributed by atoms with Crippen molar-refractivity contribution in [1.82, 2.24) is 19.8 Å². The SMILES string of the molecule is Cc1cccc(C)c1NC(=O)CSc1nn2c([C@@H](N)Cc3ccccc3)nnc2s1.